The molecule has 1 fully saturated rings. The minimum atomic E-state index is -0.182. The first-order valence-electron chi connectivity index (χ1n) is 7.59. The predicted molar refractivity (Wildman–Crippen MR) is 92.8 cm³/mol. The molecule has 1 N–H and O–H groups in total. The Bertz CT molecular complexity index is 705. The lowest BCUT2D eigenvalue weighted by molar-refractivity contribution is 0.208. The van der Waals surface area contributed by atoms with Gasteiger partial charge in [0.25, 0.3) is 0 Å². The highest BCUT2D eigenvalue weighted by atomic mass is 35.5. The lowest BCUT2D eigenvalue weighted by atomic mass is 10.3. The van der Waals surface area contributed by atoms with E-state index in [0.717, 1.165) is 0 Å². The number of amides is 2. The molecule has 0 bridgehead atoms. The molecule has 1 aromatic carbocycles. The van der Waals surface area contributed by atoms with Crippen LogP contribution in [-0.4, -0.2) is 54.2 Å². The highest BCUT2D eigenvalue weighted by Gasteiger charge is 2.23. The van der Waals surface area contributed by atoms with Crippen LogP contribution in [0.1, 0.15) is 0 Å². The van der Waals surface area contributed by atoms with E-state index in [1.54, 1.807) is 48.7 Å². The van der Waals surface area contributed by atoms with Crippen LogP contribution in [0.3, 0.4) is 0 Å². The number of hydrogen-bond acceptors (Lipinski definition) is 5. The second kappa shape index (κ2) is 7.35. The standard InChI is InChI=1S/C16H18ClN5O2/c1-24-12-3-4-13(17)14(11-12)20-16(23)22-9-7-21(8-10-22)15-18-5-2-6-19-15/h2-6,11H,7-10H2,1H3,(H,20,23). The molecule has 0 spiro atoms. The van der Waals surface area contributed by atoms with Crippen molar-refractivity contribution >= 4 is 29.3 Å². The van der Waals surface area contributed by atoms with E-state index in [4.69, 9.17) is 16.3 Å². The van der Waals surface area contributed by atoms with Crippen molar-refractivity contribution in [3.8, 4) is 5.75 Å². The maximum absolute atomic E-state index is 12.4. The number of methoxy groups -OCH3 is 1. The molecule has 24 heavy (non-hydrogen) atoms. The van der Waals surface area contributed by atoms with E-state index in [-0.39, 0.29) is 6.03 Å². The molecule has 7 nitrogen and oxygen atoms in total. The Labute approximate surface area is 145 Å². The lowest BCUT2D eigenvalue weighted by Gasteiger charge is -2.34. The number of hydrogen-bond donors (Lipinski definition) is 1. The number of urea groups is 1. The van der Waals surface area contributed by atoms with Gasteiger partial charge in [-0.15, -0.1) is 0 Å². The number of aromatic nitrogens is 2. The van der Waals surface area contributed by atoms with Crippen LogP contribution < -0.4 is 15.0 Å². The van der Waals surface area contributed by atoms with Crippen LogP contribution in [0, 0.1) is 0 Å². The smallest absolute Gasteiger partial charge is 0.322 e. The van der Waals surface area contributed by atoms with Crippen LogP contribution in [0.5, 0.6) is 5.75 Å². The Balaban J connectivity index is 1.59. The molecule has 1 saturated heterocycles. The molecule has 126 valence electrons. The van der Waals surface area contributed by atoms with Gasteiger partial charge >= 0.3 is 6.03 Å². The van der Waals surface area contributed by atoms with Gasteiger partial charge in [0.15, 0.2) is 0 Å². The summed E-state index contributed by atoms with van der Waals surface area (Å²) < 4.78 is 5.16. The van der Waals surface area contributed by atoms with E-state index >= 15 is 0 Å². The number of nitrogens with one attached hydrogen (secondary N) is 1. The summed E-state index contributed by atoms with van der Waals surface area (Å²) >= 11 is 6.13. The van der Waals surface area contributed by atoms with Crippen LogP contribution in [0.25, 0.3) is 0 Å². The molecule has 1 aromatic heterocycles. The SMILES string of the molecule is COc1ccc(Cl)c(NC(=O)N2CCN(c3ncccn3)CC2)c1. The van der Waals surface area contributed by atoms with E-state index in [9.17, 15) is 4.79 Å². The van der Waals surface area contributed by atoms with E-state index in [0.29, 0.717) is 48.6 Å². The molecule has 0 aliphatic carbocycles. The molecule has 0 radical (unpaired) electrons. The van der Waals surface area contributed by atoms with Crippen molar-refractivity contribution in [1.29, 1.82) is 0 Å². The molecule has 2 heterocycles. The number of rotatable bonds is 3. The van der Waals surface area contributed by atoms with Crippen molar-refractivity contribution < 1.29 is 9.53 Å². The van der Waals surface area contributed by atoms with E-state index in [2.05, 4.69) is 20.2 Å². The number of nitrogens with zero attached hydrogens (tertiary/aromatic N) is 4. The Hall–Kier alpha value is -2.54. The molecule has 1 aliphatic rings. The Morgan fingerprint density at radius 2 is 1.92 bits per heavy atom. The first kappa shape index (κ1) is 16.3. The minimum absolute atomic E-state index is 0.182. The number of carbonyl (C=O) groups excluding carboxylic acids is 1. The highest BCUT2D eigenvalue weighted by Crippen LogP contribution is 2.27. The number of benzene rings is 1. The number of ether oxygens (including phenoxy) is 1. The third kappa shape index (κ3) is 3.68. The van der Waals surface area contributed by atoms with Gasteiger partial charge in [0.2, 0.25) is 5.95 Å². The number of piperazine rings is 1. The third-order valence-corrected chi connectivity index (χ3v) is 4.15. The predicted octanol–water partition coefficient (Wildman–Crippen LogP) is 2.49. The van der Waals surface area contributed by atoms with Gasteiger partial charge in [-0.1, -0.05) is 11.6 Å². The summed E-state index contributed by atoms with van der Waals surface area (Å²) in [5, 5.41) is 3.31. The number of halogens is 1. The third-order valence-electron chi connectivity index (χ3n) is 3.82. The summed E-state index contributed by atoms with van der Waals surface area (Å²) in [4.78, 5) is 24.7. The van der Waals surface area contributed by atoms with Gasteiger partial charge in [0.05, 0.1) is 17.8 Å². The van der Waals surface area contributed by atoms with E-state index in [1.807, 2.05) is 0 Å². The summed E-state index contributed by atoms with van der Waals surface area (Å²) in [7, 11) is 1.57. The van der Waals surface area contributed by atoms with Crippen LogP contribution >= 0.6 is 11.6 Å². The van der Waals surface area contributed by atoms with Gasteiger partial charge in [-0.2, -0.15) is 0 Å². The molecule has 8 heteroatoms. The average Bonchev–Trinajstić information content (AvgIpc) is 2.64. The monoisotopic (exact) mass is 347 g/mol. The van der Waals surface area contributed by atoms with Gasteiger partial charge in [0, 0.05) is 44.6 Å². The maximum atomic E-state index is 12.4. The fourth-order valence-electron chi connectivity index (χ4n) is 2.49. The molecular formula is C16H18ClN5O2. The van der Waals surface area contributed by atoms with Gasteiger partial charge in [-0.05, 0) is 18.2 Å². The number of carbonyl (C=O) groups is 1. The second-order valence-corrected chi connectivity index (χ2v) is 5.71. The quantitative estimate of drug-likeness (QED) is 0.923. The molecule has 0 atom stereocenters. The summed E-state index contributed by atoms with van der Waals surface area (Å²) in [6.45, 7) is 2.55. The first-order valence-corrected chi connectivity index (χ1v) is 7.96. The van der Waals surface area contributed by atoms with Crippen LogP contribution in [0.15, 0.2) is 36.7 Å². The van der Waals surface area contributed by atoms with E-state index < -0.39 is 0 Å². The fourth-order valence-corrected chi connectivity index (χ4v) is 2.65. The van der Waals surface area contributed by atoms with Gasteiger partial charge in [0.1, 0.15) is 5.75 Å². The van der Waals surface area contributed by atoms with Crippen molar-refractivity contribution in [1.82, 2.24) is 14.9 Å². The zero-order valence-electron chi connectivity index (χ0n) is 13.3. The normalized spacial score (nSPS) is 14.4. The highest BCUT2D eigenvalue weighted by molar-refractivity contribution is 6.33. The zero-order valence-corrected chi connectivity index (χ0v) is 14.0. The van der Waals surface area contributed by atoms with Gasteiger partial charge in [-0.3, -0.25) is 0 Å². The Kier molecular flexibility index (Phi) is 5.00. The van der Waals surface area contributed by atoms with Crippen LogP contribution in [-0.2, 0) is 0 Å². The first-order chi connectivity index (χ1) is 11.7. The Morgan fingerprint density at radius 1 is 1.21 bits per heavy atom. The summed E-state index contributed by atoms with van der Waals surface area (Å²) in [6, 6.07) is 6.75. The molecule has 0 unspecified atom stereocenters. The molecule has 3 rings (SSSR count). The van der Waals surface area contributed by atoms with Crippen molar-refractivity contribution in [3.63, 3.8) is 0 Å². The average molecular weight is 348 g/mol. The molecule has 1 aliphatic heterocycles. The van der Waals surface area contributed by atoms with Crippen LogP contribution in [0.2, 0.25) is 5.02 Å². The summed E-state index contributed by atoms with van der Waals surface area (Å²) in [6.07, 6.45) is 3.43. The van der Waals surface area contributed by atoms with Gasteiger partial charge in [-0.25, -0.2) is 14.8 Å². The van der Waals surface area contributed by atoms with Crippen molar-refractivity contribution in [2.24, 2.45) is 0 Å². The van der Waals surface area contributed by atoms with Crippen molar-refractivity contribution in [2.75, 3.05) is 43.5 Å². The lowest BCUT2D eigenvalue weighted by Crippen LogP contribution is -2.50. The zero-order chi connectivity index (χ0) is 16.9. The minimum Gasteiger partial charge on any atom is -0.497 e. The van der Waals surface area contributed by atoms with Gasteiger partial charge < -0.3 is 19.9 Å². The van der Waals surface area contributed by atoms with E-state index in [1.165, 1.54) is 0 Å². The Morgan fingerprint density at radius 3 is 2.58 bits per heavy atom. The topological polar surface area (TPSA) is 70.6 Å². The fraction of sp³-hybridized carbons (Fsp3) is 0.312. The summed E-state index contributed by atoms with van der Waals surface area (Å²) in [5.74, 6) is 1.33. The molecular weight excluding hydrogens is 330 g/mol. The molecule has 2 aromatic rings. The largest absolute Gasteiger partial charge is 0.497 e. The number of anilines is 2. The summed E-state index contributed by atoms with van der Waals surface area (Å²) in [5.41, 5.74) is 0.537. The van der Waals surface area contributed by atoms with Crippen molar-refractivity contribution in [3.05, 3.63) is 41.7 Å². The maximum Gasteiger partial charge on any atom is 0.322 e. The van der Waals surface area contributed by atoms with Crippen molar-refractivity contribution in [2.45, 2.75) is 0 Å². The second-order valence-electron chi connectivity index (χ2n) is 5.30. The molecule has 0 saturated carbocycles. The molecule has 2 amide bonds. The van der Waals surface area contributed by atoms with Crippen LogP contribution in [0.4, 0.5) is 16.4 Å².